The average molecular weight is 412 g/mol. The van der Waals surface area contributed by atoms with E-state index in [4.69, 9.17) is 4.74 Å². The summed E-state index contributed by atoms with van der Waals surface area (Å²) in [6.45, 7) is 0.381. The normalized spacial score (nSPS) is 11.2. The highest BCUT2D eigenvalue weighted by Gasteiger charge is 2.18. The highest BCUT2D eigenvalue weighted by Crippen LogP contribution is 2.23. The van der Waals surface area contributed by atoms with E-state index >= 15 is 0 Å². The van der Waals surface area contributed by atoms with Gasteiger partial charge in [-0.05, 0) is 51.8 Å². The Morgan fingerprint density at radius 1 is 1.21 bits per heavy atom. The summed E-state index contributed by atoms with van der Waals surface area (Å²) >= 11 is 3.31. The Morgan fingerprint density at radius 2 is 1.92 bits per heavy atom. The van der Waals surface area contributed by atoms with E-state index in [2.05, 4.69) is 15.9 Å². The van der Waals surface area contributed by atoms with Crippen LogP contribution < -0.4 is 4.74 Å². The van der Waals surface area contributed by atoms with Crippen LogP contribution in [0.5, 0.6) is 5.75 Å². The van der Waals surface area contributed by atoms with Crippen molar-refractivity contribution in [2.24, 2.45) is 0 Å². The number of sulfone groups is 1. The number of amides is 1. The molecule has 0 saturated heterocycles. The molecule has 0 bridgehead atoms. The molecule has 7 heteroatoms. The average Bonchev–Trinajstić information content (AvgIpc) is 2.53. The van der Waals surface area contributed by atoms with Crippen LogP contribution in [0, 0.1) is 0 Å². The van der Waals surface area contributed by atoms with Crippen molar-refractivity contribution >= 4 is 31.7 Å². The van der Waals surface area contributed by atoms with Crippen molar-refractivity contribution in [3.8, 4) is 5.75 Å². The van der Waals surface area contributed by atoms with Crippen molar-refractivity contribution in [3.05, 3.63) is 58.1 Å². The zero-order chi connectivity index (χ0) is 17.9. The predicted octanol–water partition coefficient (Wildman–Crippen LogP) is 3.13. The smallest absolute Gasteiger partial charge is 0.255 e. The van der Waals surface area contributed by atoms with Crippen molar-refractivity contribution in [1.82, 2.24) is 4.90 Å². The van der Waals surface area contributed by atoms with E-state index < -0.39 is 9.84 Å². The van der Waals surface area contributed by atoms with Crippen LogP contribution in [0.2, 0.25) is 0 Å². The molecule has 24 heavy (non-hydrogen) atoms. The van der Waals surface area contributed by atoms with Crippen molar-refractivity contribution < 1.29 is 17.9 Å². The maximum absolute atomic E-state index is 12.7. The predicted molar refractivity (Wildman–Crippen MR) is 96.0 cm³/mol. The van der Waals surface area contributed by atoms with Gasteiger partial charge in [-0.3, -0.25) is 4.79 Å². The van der Waals surface area contributed by atoms with Gasteiger partial charge in [0.25, 0.3) is 5.91 Å². The Bertz CT molecular complexity index is 865. The number of carbonyl (C=O) groups is 1. The van der Waals surface area contributed by atoms with E-state index in [1.54, 1.807) is 20.2 Å². The number of ether oxygens (including phenoxy) is 1. The van der Waals surface area contributed by atoms with Crippen molar-refractivity contribution in [1.29, 1.82) is 0 Å². The monoisotopic (exact) mass is 411 g/mol. The molecule has 0 aliphatic carbocycles. The van der Waals surface area contributed by atoms with Gasteiger partial charge in [0.15, 0.2) is 9.84 Å². The van der Waals surface area contributed by atoms with E-state index in [0.29, 0.717) is 22.3 Å². The number of hydrogen-bond donors (Lipinski definition) is 0. The molecule has 2 rings (SSSR count). The van der Waals surface area contributed by atoms with Gasteiger partial charge in [-0.25, -0.2) is 8.42 Å². The number of rotatable bonds is 5. The maximum atomic E-state index is 12.7. The molecule has 128 valence electrons. The number of carbonyl (C=O) groups excluding carboxylic acids is 1. The van der Waals surface area contributed by atoms with E-state index in [0.717, 1.165) is 11.8 Å². The van der Waals surface area contributed by atoms with Crippen LogP contribution in [-0.2, 0) is 16.4 Å². The van der Waals surface area contributed by atoms with Crippen LogP contribution in [0.1, 0.15) is 15.9 Å². The Labute approximate surface area is 150 Å². The zero-order valence-electron chi connectivity index (χ0n) is 13.6. The molecule has 0 radical (unpaired) electrons. The molecule has 0 atom stereocenters. The van der Waals surface area contributed by atoms with Crippen LogP contribution in [-0.4, -0.2) is 39.6 Å². The number of methoxy groups -OCH3 is 1. The topological polar surface area (TPSA) is 63.7 Å². The summed E-state index contributed by atoms with van der Waals surface area (Å²) in [5, 5.41) is 0. The SMILES string of the molecule is COc1cccc(CN(C)C(=O)c2cc(S(C)(=O)=O)ccc2Br)c1. The Hall–Kier alpha value is -1.86. The fourth-order valence-corrected chi connectivity index (χ4v) is 3.28. The van der Waals surface area contributed by atoms with E-state index in [1.165, 1.54) is 17.0 Å². The van der Waals surface area contributed by atoms with E-state index in [-0.39, 0.29) is 10.8 Å². The number of benzene rings is 2. The maximum Gasteiger partial charge on any atom is 0.255 e. The summed E-state index contributed by atoms with van der Waals surface area (Å²) in [5.74, 6) is 0.448. The molecule has 5 nitrogen and oxygen atoms in total. The first kappa shape index (κ1) is 18.5. The van der Waals surface area contributed by atoms with Gasteiger partial charge in [-0.15, -0.1) is 0 Å². The lowest BCUT2D eigenvalue weighted by molar-refractivity contribution is 0.0784. The summed E-state index contributed by atoms with van der Waals surface area (Å²) in [4.78, 5) is 14.3. The minimum Gasteiger partial charge on any atom is -0.497 e. The Kier molecular flexibility index (Phi) is 5.66. The highest BCUT2D eigenvalue weighted by atomic mass is 79.9. The fraction of sp³-hybridized carbons (Fsp3) is 0.235. The van der Waals surface area contributed by atoms with Crippen LogP contribution in [0.15, 0.2) is 51.8 Å². The molecule has 0 aliphatic heterocycles. The van der Waals surface area contributed by atoms with E-state index in [1.807, 2.05) is 24.3 Å². The molecular weight excluding hydrogens is 394 g/mol. The first-order valence-corrected chi connectivity index (χ1v) is 9.79. The highest BCUT2D eigenvalue weighted by molar-refractivity contribution is 9.10. The lowest BCUT2D eigenvalue weighted by Gasteiger charge is -2.19. The van der Waals surface area contributed by atoms with Gasteiger partial charge in [-0.1, -0.05) is 12.1 Å². The second kappa shape index (κ2) is 7.36. The molecule has 2 aromatic rings. The van der Waals surface area contributed by atoms with Crippen LogP contribution >= 0.6 is 15.9 Å². The second-order valence-corrected chi connectivity index (χ2v) is 8.30. The van der Waals surface area contributed by atoms with E-state index in [9.17, 15) is 13.2 Å². The van der Waals surface area contributed by atoms with Gasteiger partial charge >= 0.3 is 0 Å². The largest absolute Gasteiger partial charge is 0.497 e. The minimum absolute atomic E-state index is 0.115. The second-order valence-electron chi connectivity index (χ2n) is 5.43. The molecule has 0 aromatic heterocycles. The fourth-order valence-electron chi connectivity index (χ4n) is 2.22. The van der Waals surface area contributed by atoms with Crippen molar-refractivity contribution in [2.45, 2.75) is 11.4 Å². The van der Waals surface area contributed by atoms with Gasteiger partial charge in [0.05, 0.1) is 17.6 Å². The summed E-state index contributed by atoms with van der Waals surface area (Å²) < 4.78 is 29.1. The standard InChI is InChI=1S/C17H18BrNO4S/c1-19(11-12-5-4-6-13(9-12)23-2)17(20)15-10-14(24(3,21)22)7-8-16(15)18/h4-10H,11H2,1-3H3. The number of nitrogens with zero attached hydrogens (tertiary/aromatic N) is 1. The van der Waals surface area contributed by atoms with Gasteiger partial charge in [0.1, 0.15) is 5.75 Å². The molecule has 0 heterocycles. The van der Waals surface area contributed by atoms with Crippen molar-refractivity contribution in [3.63, 3.8) is 0 Å². The number of halogens is 1. The third-order valence-corrected chi connectivity index (χ3v) is 5.30. The van der Waals surface area contributed by atoms with Gasteiger partial charge in [-0.2, -0.15) is 0 Å². The molecule has 0 unspecified atom stereocenters. The summed E-state index contributed by atoms with van der Waals surface area (Å²) in [6.07, 6.45) is 1.12. The third kappa shape index (κ3) is 4.36. The zero-order valence-corrected chi connectivity index (χ0v) is 16.0. The summed E-state index contributed by atoms with van der Waals surface area (Å²) in [5.41, 5.74) is 1.23. The lowest BCUT2D eigenvalue weighted by atomic mass is 10.1. The quantitative estimate of drug-likeness (QED) is 0.757. The van der Waals surface area contributed by atoms with Crippen LogP contribution in [0.25, 0.3) is 0 Å². The summed E-state index contributed by atoms with van der Waals surface area (Å²) in [7, 11) is -0.124. The van der Waals surface area contributed by atoms with Gasteiger partial charge < -0.3 is 9.64 Å². The van der Waals surface area contributed by atoms with Crippen LogP contribution in [0.3, 0.4) is 0 Å². The Morgan fingerprint density at radius 3 is 2.54 bits per heavy atom. The molecule has 0 saturated carbocycles. The first-order valence-electron chi connectivity index (χ1n) is 7.10. The molecule has 0 fully saturated rings. The lowest BCUT2D eigenvalue weighted by Crippen LogP contribution is -2.26. The molecule has 2 aromatic carbocycles. The number of hydrogen-bond acceptors (Lipinski definition) is 4. The van der Waals surface area contributed by atoms with Gasteiger partial charge in [0, 0.05) is 24.3 Å². The first-order chi connectivity index (χ1) is 11.2. The molecular formula is C17H18BrNO4S. The summed E-state index contributed by atoms with van der Waals surface area (Å²) in [6, 6.07) is 11.9. The van der Waals surface area contributed by atoms with Crippen molar-refractivity contribution in [2.75, 3.05) is 20.4 Å². The molecule has 0 N–H and O–H groups in total. The molecule has 1 amide bonds. The molecule has 0 aliphatic rings. The van der Waals surface area contributed by atoms with Gasteiger partial charge in [0.2, 0.25) is 0 Å². The Balaban J connectivity index is 2.27. The third-order valence-electron chi connectivity index (χ3n) is 3.50. The molecule has 0 spiro atoms. The van der Waals surface area contributed by atoms with Crippen LogP contribution in [0.4, 0.5) is 0 Å². The minimum atomic E-state index is -3.38.